The fourth-order valence-electron chi connectivity index (χ4n) is 3.11. The van der Waals surface area contributed by atoms with Crippen LogP contribution in [0.15, 0.2) is 0 Å². The summed E-state index contributed by atoms with van der Waals surface area (Å²) in [5.74, 6) is 1.68. The van der Waals surface area contributed by atoms with Crippen LogP contribution in [-0.4, -0.2) is 37.1 Å². The minimum absolute atomic E-state index is 0.332. The Bertz CT molecular complexity index is 232. The lowest BCUT2D eigenvalue weighted by molar-refractivity contribution is 0.0558. The summed E-state index contributed by atoms with van der Waals surface area (Å²) in [6.45, 7) is 16.6. The van der Waals surface area contributed by atoms with Crippen LogP contribution in [0, 0.1) is 17.3 Å². The molecule has 1 aliphatic rings. The van der Waals surface area contributed by atoms with Gasteiger partial charge >= 0.3 is 0 Å². The first-order valence-electron chi connectivity index (χ1n) is 7.17. The minimum atomic E-state index is 0.332. The minimum Gasteiger partial charge on any atom is -0.315 e. The topological polar surface area (TPSA) is 15.3 Å². The van der Waals surface area contributed by atoms with Gasteiger partial charge in [-0.1, -0.05) is 34.6 Å². The van der Waals surface area contributed by atoms with Gasteiger partial charge in [-0.2, -0.15) is 0 Å². The van der Waals surface area contributed by atoms with E-state index < -0.39 is 0 Å². The number of hydrogen-bond acceptors (Lipinski definition) is 2. The highest BCUT2D eigenvalue weighted by Crippen LogP contribution is 2.29. The molecule has 2 nitrogen and oxygen atoms in total. The lowest BCUT2D eigenvalue weighted by atomic mass is 9.82. The standard InChI is InChI=1S/C15H32N2/c1-11-8-12(2)13(3)17(9-11)10-14(16-7)15(4,5)6/h11-14,16H,8-10H2,1-7H3. The van der Waals surface area contributed by atoms with Crippen molar-refractivity contribution < 1.29 is 0 Å². The molecule has 0 aromatic rings. The Balaban J connectivity index is 2.65. The van der Waals surface area contributed by atoms with Crippen LogP contribution >= 0.6 is 0 Å². The molecule has 102 valence electrons. The first-order chi connectivity index (χ1) is 7.75. The Hall–Kier alpha value is -0.0800. The van der Waals surface area contributed by atoms with Gasteiger partial charge in [0.15, 0.2) is 0 Å². The molecule has 4 unspecified atom stereocenters. The Morgan fingerprint density at radius 3 is 2.29 bits per heavy atom. The number of piperidine rings is 1. The highest BCUT2D eigenvalue weighted by atomic mass is 15.2. The zero-order chi connectivity index (χ0) is 13.2. The van der Waals surface area contributed by atoms with E-state index >= 15 is 0 Å². The monoisotopic (exact) mass is 240 g/mol. The average Bonchev–Trinajstić information content (AvgIpc) is 2.19. The summed E-state index contributed by atoms with van der Waals surface area (Å²) < 4.78 is 0. The number of rotatable bonds is 3. The second-order valence-corrected chi connectivity index (χ2v) is 7.22. The van der Waals surface area contributed by atoms with Gasteiger partial charge in [0.25, 0.3) is 0 Å². The fraction of sp³-hybridized carbons (Fsp3) is 1.00. The summed E-state index contributed by atoms with van der Waals surface area (Å²) in [4.78, 5) is 2.69. The summed E-state index contributed by atoms with van der Waals surface area (Å²) in [5, 5.41) is 3.50. The van der Waals surface area contributed by atoms with E-state index in [4.69, 9.17) is 0 Å². The molecule has 4 atom stereocenters. The Labute approximate surface area is 108 Å². The van der Waals surface area contributed by atoms with Gasteiger partial charge in [0.1, 0.15) is 0 Å². The summed E-state index contributed by atoms with van der Waals surface area (Å²) in [6, 6.07) is 1.30. The van der Waals surface area contributed by atoms with Crippen LogP contribution in [0.25, 0.3) is 0 Å². The second-order valence-electron chi connectivity index (χ2n) is 7.22. The molecule has 2 heteroatoms. The van der Waals surface area contributed by atoms with E-state index in [-0.39, 0.29) is 0 Å². The third-order valence-corrected chi connectivity index (χ3v) is 4.53. The molecule has 0 saturated carbocycles. The van der Waals surface area contributed by atoms with Crippen molar-refractivity contribution in [2.75, 3.05) is 20.1 Å². The SMILES string of the molecule is CNC(CN1CC(C)CC(C)C1C)C(C)(C)C. The van der Waals surface area contributed by atoms with Crippen LogP contribution in [0.3, 0.4) is 0 Å². The molecule has 1 rings (SSSR count). The van der Waals surface area contributed by atoms with Crippen molar-refractivity contribution in [2.45, 2.75) is 60.0 Å². The molecule has 0 aromatic heterocycles. The van der Waals surface area contributed by atoms with Gasteiger partial charge in [0, 0.05) is 25.2 Å². The van der Waals surface area contributed by atoms with Gasteiger partial charge in [0.05, 0.1) is 0 Å². The highest BCUT2D eigenvalue weighted by molar-refractivity contribution is 4.88. The van der Waals surface area contributed by atoms with Crippen molar-refractivity contribution in [3.8, 4) is 0 Å². The molecule has 0 bridgehead atoms. The number of likely N-dealkylation sites (tertiary alicyclic amines) is 1. The maximum atomic E-state index is 3.50. The van der Waals surface area contributed by atoms with Crippen LogP contribution < -0.4 is 5.32 Å². The zero-order valence-corrected chi connectivity index (χ0v) is 12.9. The number of likely N-dealkylation sites (N-methyl/N-ethyl adjacent to an activating group) is 1. The normalized spacial score (nSPS) is 33.7. The first kappa shape index (κ1) is 15.0. The van der Waals surface area contributed by atoms with E-state index in [9.17, 15) is 0 Å². The van der Waals surface area contributed by atoms with E-state index in [1.807, 2.05) is 0 Å². The zero-order valence-electron chi connectivity index (χ0n) is 12.9. The van der Waals surface area contributed by atoms with Gasteiger partial charge in [-0.15, -0.1) is 0 Å². The van der Waals surface area contributed by atoms with Gasteiger partial charge in [-0.05, 0) is 37.6 Å². The molecule has 1 aliphatic heterocycles. The maximum Gasteiger partial charge on any atom is 0.0240 e. The van der Waals surface area contributed by atoms with E-state index in [1.54, 1.807) is 0 Å². The Kier molecular flexibility index (Phi) is 5.03. The van der Waals surface area contributed by atoms with Gasteiger partial charge in [-0.3, -0.25) is 4.90 Å². The van der Waals surface area contributed by atoms with Crippen LogP contribution in [0.4, 0.5) is 0 Å². The quantitative estimate of drug-likeness (QED) is 0.816. The predicted molar refractivity (Wildman–Crippen MR) is 76.3 cm³/mol. The number of nitrogens with zero attached hydrogens (tertiary/aromatic N) is 1. The van der Waals surface area contributed by atoms with Crippen molar-refractivity contribution in [1.29, 1.82) is 0 Å². The second kappa shape index (κ2) is 5.71. The smallest absolute Gasteiger partial charge is 0.0240 e. The first-order valence-corrected chi connectivity index (χ1v) is 7.17. The van der Waals surface area contributed by atoms with Crippen molar-refractivity contribution in [3.63, 3.8) is 0 Å². The molecule has 1 N–H and O–H groups in total. The molecule has 1 saturated heterocycles. The number of hydrogen-bond donors (Lipinski definition) is 1. The van der Waals surface area contributed by atoms with E-state index in [0.717, 1.165) is 17.9 Å². The third-order valence-electron chi connectivity index (χ3n) is 4.53. The molecule has 0 aliphatic carbocycles. The summed E-state index contributed by atoms with van der Waals surface area (Å²) in [7, 11) is 2.09. The fourth-order valence-corrected chi connectivity index (χ4v) is 3.11. The Morgan fingerprint density at radius 1 is 1.24 bits per heavy atom. The van der Waals surface area contributed by atoms with Crippen molar-refractivity contribution in [3.05, 3.63) is 0 Å². The predicted octanol–water partition coefficient (Wildman–Crippen LogP) is 2.99. The molecule has 1 fully saturated rings. The van der Waals surface area contributed by atoms with E-state index in [2.05, 4.69) is 58.8 Å². The van der Waals surface area contributed by atoms with Gasteiger partial charge in [-0.25, -0.2) is 0 Å². The largest absolute Gasteiger partial charge is 0.315 e. The van der Waals surface area contributed by atoms with Gasteiger partial charge in [0.2, 0.25) is 0 Å². The average molecular weight is 240 g/mol. The molecule has 0 aromatic carbocycles. The van der Waals surface area contributed by atoms with Crippen LogP contribution in [-0.2, 0) is 0 Å². The molecule has 17 heavy (non-hydrogen) atoms. The Morgan fingerprint density at radius 2 is 1.82 bits per heavy atom. The van der Waals surface area contributed by atoms with Crippen molar-refractivity contribution >= 4 is 0 Å². The molecule has 1 heterocycles. The summed E-state index contributed by atoms with van der Waals surface area (Å²) >= 11 is 0. The molecular formula is C15H32N2. The van der Waals surface area contributed by atoms with Gasteiger partial charge < -0.3 is 5.32 Å². The van der Waals surface area contributed by atoms with Crippen LogP contribution in [0.1, 0.15) is 48.0 Å². The molecule has 0 amide bonds. The lowest BCUT2D eigenvalue weighted by Crippen LogP contribution is -2.54. The highest BCUT2D eigenvalue weighted by Gasteiger charge is 2.32. The molecular weight excluding hydrogens is 208 g/mol. The summed E-state index contributed by atoms with van der Waals surface area (Å²) in [5.41, 5.74) is 0.332. The van der Waals surface area contributed by atoms with Crippen LogP contribution in [0.5, 0.6) is 0 Å². The van der Waals surface area contributed by atoms with Crippen molar-refractivity contribution in [2.24, 2.45) is 17.3 Å². The molecule has 0 spiro atoms. The maximum absolute atomic E-state index is 3.50. The van der Waals surface area contributed by atoms with Crippen LogP contribution in [0.2, 0.25) is 0 Å². The van der Waals surface area contributed by atoms with Crippen molar-refractivity contribution in [1.82, 2.24) is 10.2 Å². The van der Waals surface area contributed by atoms with E-state index in [0.29, 0.717) is 11.5 Å². The third kappa shape index (κ3) is 3.96. The van der Waals surface area contributed by atoms with E-state index in [1.165, 1.54) is 19.5 Å². The molecule has 0 radical (unpaired) electrons. The number of nitrogens with one attached hydrogen (secondary N) is 1. The lowest BCUT2D eigenvalue weighted by Gasteiger charge is -2.44. The summed E-state index contributed by atoms with van der Waals surface area (Å²) in [6.07, 6.45) is 1.39.